The predicted octanol–water partition coefficient (Wildman–Crippen LogP) is 5.61. The third-order valence-electron chi connectivity index (χ3n) is 4.31. The smallest absolute Gasteiger partial charge is 0.359 e. The van der Waals surface area contributed by atoms with Gasteiger partial charge in [0.05, 0.1) is 29.7 Å². The Bertz CT molecular complexity index is 1110. The van der Waals surface area contributed by atoms with Crippen LogP contribution in [0.5, 0.6) is 0 Å². The predicted molar refractivity (Wildman–Crippen MR) is 116 cm³/mol. The molecule has 2 aromatic carbocycles. The monoisotopic (exact) mass is 427 g/mol. The van der Waals surface area contributed by atoms with Gasteiger partial charge in [-0.15, -0.1) is 0 Å². The molecule has 1 aliphatic rings. The lowest BCUT2D eigenvalue weighted by molar-refractivity contribution is 0.0370. The van der Waals surface area contributed by atoms with Crippen LogP contribution in [0, 0.1) is 5.82 Å². The zero-order valence-corrected chi connectivity index (χ0v) is 18.1. The molecule has 156 valence electrons. The molecule has 1 aromatic heterocycles. The molecule has 7 heteroatoms. The number of rotatable bonds is 3. The Labute approximate surface area is 180 Å². The van der Waals surface area contributed by atoms with Crippen LogP contribution in [-0.4, -0.2) is 27.6 Å². The first-order chi connectivity index (χ1) is 14.4. The second-order valence-corrected chi connectivity index (χ2v) is 7.13. The average Bonchev–Trinajstić information content (AvgIpc) is 3.09. The Morgan fingerprint density at radius 3 is 2.57 bits per heavy atom. The van der Waals surface area contributed by atoms with Crippen molar-refractivity contribution in [2.24, 2.45) is 4.99 Å². The van der Waals surface area contributed by atoms with Crippen molar-refractivity contribution in [1.29, 1.82) is 0 Å². The van der Waals surface area contributed by atoms with Gasteiger partial charge in [-0.05, 0) is 50.2 Å². The van der Waals surface area contributed by atoms with Gasteiger partial charge in [-0.3, -0.25) is 4.99 Å². The molecule has 0 bridgehead atoms. The van der Waals surface area contributed by atoms with Gasteiger partial charge in [-0.25, -0.2) is 13.9 Å². The first kappa shape index (κ1) is 21.7. The van der Waals surface area contributed by atoms with E-state index in [1.807, 2.05) is 13.8 Å². The van der Waals surface area contributed by atoms with Crippen LogP contribution in [-0.2, 0) is 11.3 Å². The van der Waals surface area contributed by atoms with Crippen LogP contribution in [0.4, 0.5) is 4.39 Å². The summed E-state index contributed by atoms with van der Waals surface area (Å²) in [7, 11) is 0. The molecule has 2 heterocycles. The molecule has 1 aliphatic heterocycles. The lowest BCUT2D eigenvalue weighted by Gasteiger charge is -2.12. The minimum atomic E-state index is -0.496. The summed E-state index contributed by atoms with van der Waals surface area (Å²) in [6.07, 6.45) is -0.245. The van der Waals surface area contributed by atoms with Gasteiger partial charge in [0.15, 0.2) is 5.69 Å². The van der Waals surface area contributed by atoms with Crippen molar-refractivity contribution < 1.29 is 13.9 Å². The SMILES string of the molecule is CC.CC(C)OC(=O)c1cc2n(n1)-c1ccc(Cl)cc1C(c1ccccc1F)=NC2. The van der Waals surface area contributed by atoms with Crippen LogP contribution in [0.2, 0.25) is 5.02 Å². The summed E-state index contributed by atoms with van der Waals surface area (Å²) in [5, 5.41) is 4.92. The lowest BCUT2D eigenvalue weighted by Crippen LogP contribution is -2.13. The number of ether oxygens (including phenoxy) is 1. The molecule has 0 saturated carbocycles. The summed E-state index contributed by atoms with van der Waals surface area (Å²) in [6, 6.07) is 13.3. The van der Waals surface area contributed by atoms with Crippen molar-refractivity contribution in [2.75, 3.05) is 0 Å². The molecule has 5 nitrogen and oxygen atoms in total. The summed E-state index contributed by atoms with van der Waals surface area (Å²) < 4.78 is 21.3. The van der Waals surface area contributed by atoms with E-state index in [1.165, 1.54) is 6.07 Å². The Kier molecular flexibility index (Phi) is 6.67. The van der Waals surface area contributed by atoms with Gasteiger partial charge < -0.3 is 4.74 Å². The zero-order chi connectivity index (χ0) is 21.8. The number of nitrogens with zero attached hydrogens (tertiary/aromatic N) is 3. The molecule has 0 spiro atoms. The molecular formula is C23H23ClFN3O2. The summed E-state index contributed by atoms with van der Waals surface area (Å²) >= 11 is 6.21. The highest BCUT2D eigenvalue weighted by Crippen LogP contribution is 2.28. The van der Waals surface area contributed by atoms with E-state index in [0.29, 0.717) is 33.2 Å². The maximum atomic E-state index is 14.5. The molecule has 0 amide bonds. The summed E-state index contributed by atoms with van der Waals surface area (Å²) in [5.41, 5.74) is 3.09. The number of esters is 1. The average molecular weight is 428 g/mol. The fourth-order valence-corrected chi connectivity index (χ4v) is 3.30. The van der Waals surface area contributed by atoms with Crippen LogP contribution in [0.1, 0.15) is 55.0 Å². The van der Waals surface area contributed by atoms with Gasteiger partial charge in [0.1, 0.15) is 5.82 Å². The molecule has 0 atom stereocenters. The molecule has 0 N–H and O–H groups in total. The van der Waals surface area contributed by atoms with Gasteiger partial charge in [0, 0.05) is 16.1 Å². The molecular weight excluding hydrogens is 405 g/mol. The summed E-state index contributed by atoms with van der Waals surface area (Å²) in [5.74, 6) is -0.864. The topological polar surface area (TPSA) is 56.5 Å². The maximum Gasteiger partial charge on any atom is 0.359 e. The molecule has 0 fully saturated rings. The van der Waals surface area contributed by atoms with Crippen LogP contribution in [0.25, 0.3) is 5.69 Å². The van der Waals surface area contributed by atoms with Gasteiger partial charge in [0.25, 0.3) is 0 Å². The molecule has 3 aromatic rings. The van der Waals surface area contributed by atoms with E-state index in [4.69, 9.17) is 16.3 Å². The maximum absolute atomic E-state index is 14.5. The normalized spacial score (nSPS) is 12.2. The molecule has 0 radical (unpaired) electrons. The van der Waals surface area contributed by atoms with E-state index in [2.05, 4.69) is 10.1 Å². The van der Waals surface area contributed by atoms with Crippen LogP contribution in [0.15, 0.2) is 53.5 Å². The Morgan fingerprint density at radius 2 is 1.87 bits per heavy atom. The van der Waals surface area contributed by atoms with Gasteiger partial charge >= 0.3 is 5.97 Å². The van der Waals surface area contributed by atoms with Gasteiger partial charge in [0.2, 0.25) is 0 Å². The van der Waals surface area contributed by atoms with E-state index in [1.54, 1.807) is 61.0 Å². The van der Waals surface area contributed by atoms with Crippen LogP contribution in [0.3, 0.4) is 0 Å². The number of carbonyl (C=O) groups excluding carboxylic acids is 1. The van der Waals surface area contributed by atoms with Crippen molar-refractivity contribution >= 4 is 23.3 Å². The Morgan fingerprint density at radius 1 is 1.13 bits per heavy atom. The van der Waals surface area contributed by atoms with Gasteiger partial charge in [-0.2, -0.15) is 5.10 Å². The highest BCUT2D eigenvalue weighted by atomic mass is 35.5. The van der Waals surface area contributed by atoms with Crippen LogP contribution >= 0.6 is 11.6 Å². The van der Waals surface area contributed by atoms with E-state index < -0.39 is 5.97 Å². The number of aliphatic imine (C=N–C) groups is 1. The quantitative estimate of drug-likeness (QED) is 0.510. The fraction of sp³-hybridized carbons (Fsp3) is 0.261. The third kappa shape index (κ3) is 4.28. The molecule has 0 aliphatic carbocycles. The van der Waals surface area contributed by atoms with E-state index >= 15 is 0 Å². The van der Waals surface area contributed by atoms with Crippen molar-refractivity contribution in [3.63, 3.8) is 0 Å². The molecule has 0 unspecified atom stereocenters. The number of hydrogen-bond donors (Lipinski definition) is 0. The fourth-order valence-electron chi connectivity index (χ4n) is 3.13. The number of hydrogen-bond acceptors (Lipinski definition) is 4. The minimum Gasteiger partial charge on any atom is -0.458 e. The van der Waals surface area contributed by atoms with Crippen molar-refractivity contribution in [3.05, 3.63) is 81.9 Å². The Balaban J connectivity index is 0.00000124. The van der Waals surface area contributed by atoms with Gasteiger partial charge in [-0.1, -0.05) is 37.6 Å². The number of halogens is 2. The van der Waals surface area contributed by atoms with E-state index in [-0.39, 0.29) is 24.2 Å². The van der Waals surface area contributed by atoms with Crippen molar-refractivity contribution in [3.8, 4) is 5.69 Å². The van der Waals surface area contributed by atoms with Crippen molar-refractivity contribution in [2.45, 2.75) is 40.3 Å². The largest absolute Gasteiger partial charge is 0.458 e. The second kappa shape index (κ2) is 9.22. The summed E-state index contributed by atoms with van der Waals surface area (Å²) in [6.45, 7) is 7.79. The number of fused-ring (bicyclic) bond motifs is 3. The standard InChI is InChI=1S/C21H17ClFN3O2.C2H6/c1-12(2)28-21(27)18-10-14-11-24-20(15-5-3-4-6-17(15)23)16-9-13(22)7-8-19(16)26(14)25-18;1-2/h3-10,12H,11H2,1-2H3;1-2H3. The summed E-state index contributed by atoms with van der Waals surface area (Å²) in [4.78, 5) is 16.9. The highest BCUT2D eigenvalue weighted by molar-refractivity contribution is 6.31. The molecule has 30 heavy (non-hydrogen) atoms. The number of carbonyl (C=O) groups is 1. The highest BCUT2D eigenvalue weighted by Gasteiger charge is 2.24. The first-order valence-corrected chi connectivity index (χ1v) is 10.2. The third-order valence-corrected chi connectivity index (χ3v) is 4.54. The van der Waals surface area contributed by atoms with E-state index in [9.17, 15) is 9.18 Å². The minimum absolute atomic E-state index is 0.203. The molecule has 0 saturated heterocycles. The number of benzene rings is 2. The first-order valence-electron chi connectivity index (χ1n) is 9.83. The second-order valence-electron chi connectivity index (χ2n) is 6.69. The Hall–Kier alpha value is -2.99. The number of aromatic nitrogens is 2. The zero-order valence-electron chi connectivity index (χ0n) is 17.3. The molecule has 4 rings (SSSR count). The van der Waals surface area contributed by atoms with E-state index in [0.717, 1.165) is 0 Å². The lowest BCUT2D eigenvalue weighted by atomic mass is 10.00. The van der Waals surface area contributed by atoms with Crippen molar-refractivity contribution in [1.82, 2.24) is 9.78 Å². The van der Waals surface area contributed by atoms with Crippen LogP contribution < -0.4 is 0 Å².